The van der Waals surface area contributed by atoms with Crippen LogP contribution in [0.1, 0.15) is 35.7 Å². The van der Waals surface area contributed by atoms with Gasteiger partial charge in [-0.25, -0.2) is 13.8 Å². The number of benzene rings is 1. The van der Waals surface area contributed by atoms with Crippen LogP contribution in [0.5, 0.6) is 0 Å². The van der Waals surface area contributed by atoms with E-state index in [9.17, 15) is 26.7 Å². The molecule has 0 spiro atoms. The summed E-state index contributed by atoms with van der Waals surface area (Å²) in [5, 5.41) is 10.7. The first-order valence-corrected chi connectivity index (χ1v) is 10.6. The number of pyridine rings is 1. The van der Waals surface area contributed by atoms with Crippen LogP contribution in [0.4, 0.5) is 27.8 Å². The van der Waals surface area contributed by atoms with Crippen LogP contribution < -0.4 is 5.32 Å². The lowest BCUT2D eigenvalue weighted by Gasteiger charge is -2.40. The van der Waals surface area contributed by atoms with Crippen LogP contribution in [0.15, 0.2) is 42.9 Å². The fourth-order valence-electron chi connectivity index (χ4n) is 4.11. The van der Waals surface area contributed by atoms with Gasteiger partial charge in [-0.2, -0.15) is 23.4 Å². The maximum Gasteiger partial charge on any atom is 0.417 e. The zero-order valence-electron chi connectivity index (χ0n) is 18.1. The number of rotatable bonds is 5. The minimum absolute atomic E-state index is 0.0179. The SMILES string of the molecule is C[C@@H]1CCCN(C(=O)c2cc(F)cc(F)c2-n2nccn2)[C@@H]1CNc1ccc(C(F)(F)F)cn1. The number of amides is 1. The number of anilines is 1. The molecule has 1 saturated heterocycles. The standard InChI is InChI=1S/C22H21F5N6O/c1-13-3-2-8-32(18(13)12-29-19-5-4-14(11-28-19)22(25,26)27)21(34)16-9-15(23)10-17(24)20(16)33-30-6-7-31-33/h4-7,9-11,13,18H,2-3,8,12H2,1H3,(H,28,29)/t13-,18-/m1/s1. The van der Waals surface area contributed by atoms with Gasteiger partial charge in [0, 0.05) is 25.4 Å². The molecule has 1 aliphatic rings. The predicted molar refractivity (Wildman–Crippen MR) is 112 cm³/mol. The Kier molecular flexibility index (Phi) is 6.49. The van der Waals surface area contributed by atoms with Gasteiger partial charge in [0.15, 0.2) is 5.82 Å². The van der Waals surface area contributed by atoms with Gasteiger partial charge in [0.2, 0.25) is 0 Å². The molecule has 3 aromatic rings. The zero-order valence-corrected chi connectivity index (χ0v) is 18.1. The van der Waals surface area contributed by atoms with Crippen LogP contribution in [-0.2, 0) is 6.18 Å². The van der Waals surface area contributed by atoms with E-state index in [1.807, 2.05) is 6.92 Å². The van der Waals surface area contributed by atoms with Crippen molar-refractivity contribution in [3.05, 3.63) is 65.6 Å². The molecular formula is C22H21F5N6O. The van der Waals surface area contributed by atoms with Crippen molar-refractivity contribution in [3.63, 3.8) is 0 Å². The number of nitrogens with one attached hydrogen (secondary N) is 1. The highest BCUT2D eigenvalue weighted by Crippen LogP contribution is 2.30. The number of carbonyl (C=O) groups excluding carboxylic acids is 1. The van der Waals surface area contributed by atoms with Crippen molar-refractivity contribution in [2.75, 3.05) is 18.4 Å². The molecule has 1 aliphatic heterocycles. The predicted octanol–water partition coefficient (Wildman–Crippen LogP) is 4.31. The number of aromatic nitrogens is 4. The third-order valence-corrected chi connectivity index (χ3v) is 5.84. The molecule has 0 unspecified atom stereocenters. The average Bonchev–Trinajstić information content (AvgIpc) is 3.31. The average molecular weight is 480 g/mol. The van der Waals surface area contributed by atoms with E-state index in [1.165, 1.54) is 23.4 Å². The summed E-state index contributed by atoms with van der Waals surface area (Å²) in [4.78, 5) is 19.7. The molecule has 1 N–H and O–H groups in total. The summed E-state index contributed by atoms with van der Waals surface area (Å²) in [6.07, 6.45) is 0.354. The second-order valence-corrected chi connectivity index (χ2v) is 8.10. The van der Waals surface area contributed by atoms with Gasteiger partial charge in [-0.1, -0.05) is 6.92 Å². The number of hydrogen-bond acceptors (Lipinski definition) is 5. The maximum absolute atomic E-state index is 14.6. The quantitative estimate of drug-likeness (QED) is 0.551. The van der Waals surface area contributed by atoms with Crippen molar-refractivity contribution >= 4 is 11.7 Å². The molecule has 7 nitrogen and oxygen atoms in total. The van der Waals surface area contributed by atoms with Crippen molar-refractivity contribution < 1.29 is 26.7 Å². The van der Waals surface area contributed by atoms with Gasteiger partial charge in [0.1, 0.15) is 17.3 Å². The zero-order chi connectivity index (χ0) is 24.5. The highest BCUT2D eigenvalue weighted by molar-refractivity contribution is 5.98. The Labute approximate surface area is 191 Å². The molecule has 12 heteroatoms. The minimum atomic E-state index is -4.49. The molecule has 1 aromatic carbocycles. The van der Waals surface area contributed by atoms with Crippen molar-refractivity contribution in [2.24, 2.45) is 5.92 Å². The molecule has 34 heavy (non-hydrogen) atoms. The van der Waals surface area contributed by atoms with Crippen molar-refractivity contribution in [2.45, 2.75) is 32.0 Å². The molecular weight excluding hydrogens is 459 g/mol. The van der Waals surface area contributed by atoms with Crippen LogP contribution in [-0.4, -0.2) is 49.9 Å². The molecule has 0 radical (unpaired) electrons. The Morgan fingerprint density at radius 3 is 2.56 bits per heavy atom. The highest BCUT2D eigenvalue weighted by atomic mass is 19.4. The number of hydrogen-bond donors (Lipinski definition) is 1. The van der Waals surface area contributed by atoms with E-state index >= 15 is 0 Å². The third-order valence-electron chi connectivity index (χ3n) is 5.84. The monoisotopic (exact) mass is 480 g/mol. The topological polar surface area (TPSA) is 75.9 Å². The summed E-state index contributed by atoms with van der Waals surface area (Å²) in [7, 11) is 0. The summed E-state index contributed by atoms with van der Waals surface area (Å²) in [6, 6.07) is 3.34. The van der Waals surface area contributed by atoms with Gasteiger partial charge in [-0.15, -0.1) is 4.80 Å². The first kappa shape index (κ1) is 23.6. The second-order valence-electron chi connectivity index (χ2n) is 8.10. The molecule has 0 aliphatic carbocycles. The molecule has 2 atom stereocenters. The Balaban J connectivity index is 1.59. The highest BCUT2D eigenvalue weighted by Gasteiger charge is 2.35. The fourth-order valence-corrected chi connectivity index (χ4v) is 4.11. The molecule has 0 bridgehead atoms. The number of likely N-dealkylation sites (tertiary alicyclic amines) is 1. The van der Waals surface area contributed by atoms with Crippen molar-refractivity contribution in [3.8, 4) is 5.69 Å². The Bertz CT molecular complexity index is 1150. The number of nitrogens with zero attached hydrogens (tertiary/aromatic N) is 5. The van der Waals surface area contributed by atoms with Crippen molar-refractivity contribution in [1.82, 2.24) is 24.9 Å². The number of alkyl halides is 3. The van der Waals surface area contributed by atoms with E-state index in [0.717, 1.165) is 29.5 Å². The third kappa shape index (κ3) is 4.85. The smallest absolute Gasteiger partial charge is 0.368 e. The molecule has 3 heterocycles. The molecule has 180 valence electrons. The lowest BCUT2D eigenvalue weighted by Crippen LogP contribution is -2.51. The Morgan fingerprint density at radius 1 is 1.18 bits per heavy atom. The van der Waals surface area contributed by atoms with Gasteiger partial charge in [0.25, 0.3) is 5.91 Å². The number of halogens is 5. The molecule has 1 fully saturated rings. The summed E-state index contributed by atoms with van der Waals surface area (Å²) >= 11 is 0. The van der Waals surface area contributed by atoms with E-state index in [4.69, 9.17) is 0 Å². The van der Waals surface area contributed by atoms with Crippen LogP contribution in [0.25, 0.3) is 5.69 Å². The first-order chi connectivity index (χ1) is 16.1. The second kappa shape index (κ2) is 9.35. The Morgan fingerprint density at radius 2 is 1.91 bits per heavy atom. The van der Waals surface area contributed by atoms with Gasteiger partial charge in [0.05, 0.1) is 29.6 Å². The lowest BCUT2D eigenvalue weighted by molar-refractivity contribution is -0.137. The molecule has 2 aromatic heterocycles. The summed E-state index contributed by atoms with van der Waals surface area (Å²) in [5.41, 5.74) is -1.35. The van der Waals surface area contributed by atoms with E-state index in [-0.39, 0.29) is 29.5 Å². The number of piperidine rings is 1. The molecule has 4 rings (SSSR count). The molecule has 0 saturated carbocycles. The van der Waals surface area contributed by atoms with Gasteiger partial charge in [-0.3, -0.25) is 4.79 Å². The maximum atomic E-state index is 14.6. The summed E-state index contributed by atoms with van der Waals surface area (Å²) in [5.74, 6) is -2.25. The first-order valence-electron chi connectivity index (χ1n) is 10.6. The molecule has 1 amide bonds. The van der Waals surface area contributed by atoms with E-state index in [1.54, 1.807) is 0 Å². The van der Waals surface area contributed by atoms with E-state index in [0.29, 0.717) is 19.0 Å². The normalized spacial score (nSPS) is 18.7. The van der Waals surface area contributed by atoms with Crippen LogP contribution >= 0.6 is 0 Å². The van der Waals surface area contributed by atoms with Crippen LogP contribution in [0, 0.1) is 17.6 Å². The van der Waals surface area contributed by atoms with E-state index < -0.39 is 35.3 Å². The fraction of sp³-hybridized carbons (Fsp3) is 0.364. The lowest BCUT2D eigenvalue weighted by atomic mass is 9.90. The van der Waals surface area contributed by atoms with Gasteiger partial charge < -0.3 is 10.2 Å². The van der Waals surface area contributed by atoms with Crippen molar-refractivity contribution in [1.29, 1.82) is 0 Å². The summed E-state index contributed by atoms with van der Waals surface area (Å²) in [6.45, 7) is 2.48. The van der Waals surface area contributed by atoms with Crippen LogP contribution in [0.3, 0.4) is 0 Å². The Hall–Kier alpha value is -3.57. The van der Waals surface area contributed by atoms with E-state index in [2.05, 4.69) is 20.5 Å². The largest absolute Gasteiger partial charge is 0.417 e. The number of carbonyl (C=O) groups is 1. The minimum Gasteiger partial charge on any atom is -0.368 e. The summed E-state index contributed by atoms with van der Waals surface area (Å²) < 4.78 is 67.0. The van der Waals surface area contributed by atoms with Crippen LogP contribution in [0.2, 0.25) is 0 Å². The van der Waals surface area contributed by atoms with Gasteiger partial charge in [-0.05, 0) is 37.0 Å². The van der Waals surface area contributed by atoms with Gasteiger partial charge >= 0.3 is 6.18 Å².